The number of nitrogens with zero attached hydrogens (tertiary/aromatic N) is 1. The van der Waals surface area contributed by atoms with E-state index in [2.05, 4.69) is 12.2 Å². The van der Waals surface area contributed by atoms with Gasteiger partial charge in [-0.25, -0.2) is 0 Å². The fourth-order valence-corrected chi connectivity index (χ4v) is 2.86. The summed E-state index contributed by atoms with van der Waals surface area (Å²) >= 11 is 0. The first-order valence-electron chi connectivity index (χ1n) is 7.90. The van der Waals surface area contributed by atoms with Crippen LogP contribution in [-0.4, -0.2) is 36.1 Å². The van der Waals surface area contributed by atoms with Gasteiger partial charge in [-0.05, 0) is 36.8 Å². The minimum absolute atomic E-state index is 0.00294. The second-order valence-corrected chi connectivity index (χ2v) is 5.80. The highest BCUT2D eigenvalue weighted by Gasteiger charge is 2.30. The maximum atomic E-state index is 12.5. The Kier molecular flexibility index (Phi) is 5.55. The van der Waals surface area contributed by atoms with Crippen LogP contribution in [0.3, 0.4) is 0 Å². The Labute approximate surface area is 131 Å². The van der Waals surface area contributed by atoms with Crippen LogP contribution in [-0.2, 0) is 9.59 Å². The first-order chi connectivity index (χ1) is 10.6. The summed E-state index contributed by atoms with van der Waals surface area (Å²) in [4.78, 5) is 26.2. The third kappa shape index (κ3) is 3.47. The number of para-hydroxylation sites is 1. The number of rotatable bonds is 4. The molecule has 2 atom stereocenters. The smallest absolute Gasteiger partial charge is 0.316 e. The molecular formula is C17H24N2O3. The molecule has 2 amide bonds. The molecule has 0 radical (unpaired) electrons. The molecule has 0 aliphatic carbocycles. The first-order valence-corrected chi connectivity index (χ1v) is 7.90. The fraction of sp³-hybridized carbons (Fsp3) is 0.529. The highest BCUT2D eigenvalue weighted by atomic mass is 16.3. The minimum atomic E-state index is -0.593. The summed E-state index contributed by atoms with van der Waals surface area (Å²) in [5.41, 5.74) is 1.94. The van der Waals surface area contributed by atoms with E-state index in [1.165, 1.54) is 0 Å². The summed E-state index contributed by atoms with van der Waals surface area (Å²) in [6.07, 6.45) is 2.00. The molecule has 5 nitrogen and oxygen atoms in total. The standard InChI is InChI=1S/C17H24N2O3/c1-3-13(9-11-20)18-16(21)17(22)19-10-8-12(2)14-6-4-5-7-15(14)19/h4-7,12-13,20H,3,8-11H2,1-2H3,(H,18,21). The van der Waals surface area contributed by atoms with Gasteiger partial charge < -0.3 is 15.3 Å². The highest BCUT2D eigenvalue weighted by molar-refractivity contribution is 6.40. The summed E-state index contributed by atoms with van der Waals surface area (Å²) in [7, 11) is 0. The van der Waals surface area contributed by atoms with Gasteiger partial charge in [0.05, 0.1) is 0 Å². The topological polar surface area (TPSA) is 69.6 Å². The molecular weight excluding hydrogens is 280 g/mol. The number of aliphatic hydroxyl groups excluding tert-OH is 1. The van der Waals surface area contributed by atoms with Crippen LogP contribution in [0.4, 0.5) is 5.69 Å². The van der Waals surface area contributed by atoms with Crippen LogP contribution in [0.15, 0.2) is 24.3 Å². The number of amides is 2. The van der Waals surface area contributed by atoms with Crippen molar-refractivity contribution in [2.45, 2.75) is 45.1 Å². The lowest BCUT2D eigenvalue weighted by atomic mass is 9.91. The maximum absolute atomic E-state index is 12.5. The van der Waals surface area contributed by atoms with Gasteiger partial charge in [0.2, 0.25) is 0 Å². The van der Waals surface area contributed by atoms with E-state index in [0.29, 0.717) is 25.3 Å². The number of hydrogen-bond acceptors (Lipinski definition) is 3. The van der Waals surface area contributed by atoms with Gasteiger partial charge in [0.1, 0.15) is 0 Å². The Hall–Kier alpha value is -1.88. The molecule has 5 heteroatoms. The van der Waals surface area contributed by atoms with E-state index in [9.17, 15) is 9.59 Å². The molecule has 2 unspecified atom stereocenters. The average molecular weight is 304 g/mol. The van der Waals surface area contributed by atoms with Gasteiger partial charge >= 0.3 is 11.8 Å². The van der Waals surface area contributed by atoms with Crippen LogP contribution in [0.5, 0.6) is 0 Å². The lowest BCUT2D eigenvalue weighted by molar-refractivity contribution is -0.138. The number of benzene rings is 1. The van der Waals surface area contributed by atoms with Crippen molar-refractivity contribution in [3.05, 3.63) is 29.8 Å². The molecule has 0 saturated carbocycles. The van der Waals surface area contributed by atoms with Gasteiger partial charge in [0, 0.05) is 24.9 Å². The molecule has 2 rings (SSSR count). The van der Waals surface area contributed by atoms with E-state index < -0.39 is 11.8 Å². The number of carbonyl (C=O) groups is 2. The SMILES string of the molecule is CCC(CCO)NC(=O)C(=O)N1CCC(C)c2ccccc21. The van der Waals surface area contributed by atoms with Crippen molar-refractivity contribution in [2.75, 3.05) is 18.1 Å². The van der Waals surface area contributed by atoms with Gasteiger partial charge in [0.15, 0.2) is 0 Å². The van der Waals surface area contributed by atoms with Crippen molar-refractivity contribution in [3.63, 3.8) is 0 Å². The molecule has 1 aromatic rings. The van der Waals surface area contributed by atoms with Crippen molar-refractivity contribution in [1.82, 2.24) is 5.32 Å². The zero-order valence-electron chi connectivity index (χ0n) is 13.2. The zero-order valence-corrected chi connectivity index (χ0v) is 13.2. The predicted molar refractivity (Wildman–Crippen MR) is 85.8 cm³/mol. The molecule has 0 fully saturated rings. The van der Waals surface area contributed by atoms with E-state index in [-0.39, 0.29) is 12.6 Å². The van der Waals surface area contributed by atoms with Crippen LogP contribution in [0.1, 0.15) is 44.6 Å². The summed E-state index contributed by atoms with van der Waals surface area (Å²) in [6.45, 7) is 4.61. The Balaban J connectivity index is 2.13. The molecule has 1 aliphatic heterocycles. The van der Waals surface area contributed by atoms with E-state index in [1.807, 2.05) is 31.2 Å². The first kappa shape index (κ1) is 16.5. The molecule has 0 aromatic heterocycles. The second kappa shape index (κ2) is 7.40. The van der Waals surface area contributed by atoms with Gasteiger partial charge in [-0.2, -0.15) is 0 Å². The number of carbonyl (C=O) groups excluding carboxylic acids is 2. The largest absolute Gasteiger partial charge is 0.396 e. The lowest BCUT2D eigenvalue weighted by Crippen LogP contribution is -2.48. The van der Waals surface area contributed by atoms with Crippen LogP contribution in [0.25, 0.3) is 0 Å². The number of hydrogen-bond donors (Lipinski definition) is 2. The molecule has 0 saturated heterocycles. The monoisotopic (exact) mass is 304 g/mol. The van der Waals surface area contributed by atoms with Crippen molar-refractivity contribution < 1.29 is 14.7 Å². The third-order valence-corrected chi connectivity index (χ3v) is 4.29. The number of anilines is 1. The summed E-state index contributed by atoms with van der Waals surface area (Å²) in [5, 5.41) is 11.7. The quantitative estimate of drug-likeness (QED) is 0.833. The molecule has 1 heterocycles. The van der Waals surface area contributed by atoms with Crippen molar-refractivity contribution in [3.8, 4) is 0 Å². The number of nitrogens with one attached hydrogen (secondary N) is 1. The molecule has 2 N–H and O–H groups in total. The Morgan fingerprint density at radius 2 is 2.14 bits per heavy atom. The van der Waals surface area contributed by atoms with E-state index in [4.69, 9.17) is 5.11 Å². The van der Waals surface area contributed by atoms with Crippen LogP contribution >= 0.6 is 0 Å². The van der Waals surface area contributed by atoms with E-state index in [1.54, 1.807) is 4.90 Å². The van der Waals surface area contributed by atoms with Crippen molar-refractivity contribution in [2.24, 2.45) is 0 Å². The van der Waals surface area contributed by atoms with Crippen molar-refractivity contribution >= 4 is 17.5 Å². The van der Waals surface area contributed by atoms with Gasteiger partial charge in [0.25, 0.3) is 0 Å². The Morgan fingerprint density at radius 3 is 2.82 bits per heavy atom. The molecule has 1 aliphatic rings. The molecule has 0 bridgehead atoms. The van der Waals surface area contributed by atoms with Gasteiger partial charge in [-0.3, -0.25) is 9.59 Å². The summed E-state index contributed by atoms with van der Waals surface area (Å²) in [6, 6.07) is 7.58. The van der Waals surface area contributed by atoms with Crippen LogP contribution in [0, 0.1) is 0 Å². The van der Waals surface area contributed by atoms with Gasteiger partial charge in [-0.1, -0.05) is 32.0 Å². The summed E-state index contributed by atoms with van der Waals surface area (Å²) in [5.74, 6) is -0.721. The Bertz CT molecular complexity index is 544. The second-order valence-electron chi connectivity index (χ2n) is 5.80. The molecule has 0 spiro atoms. The van der Waals surface area contributed by atoms with Gasteiger partial charge in [-0.15, -0.1) is 0 Å². The minimum Gasteiger partial charge on any atom is -0.396 e. The van der Waals surface area contributed by atoms with Crippen LogP contribution < -0.4 is 10.2 Å². The fourth-order valence-electron chi connectivity index (χ4n) is 2.86. The normalized spacial score (nSPS) is 18.5. The molecule has 1 aromatic carbocycles. The number of aliphatic hydroxyl groups is 1. The third-order valence-electron chi connectivity index (χ3n) is 4.29. The predicted octanol–water partition coefficient (Wildman–Crippen LogP) is 1.80. The zero-order chi connectivity index (χ0) is 16.1. The van der Waals surface area contributed by atoms with E-state index in [0.717, 1.165) is 17.7 Å². The lowest BCUT2D eigenvalue weighted by Gasteiger charge is -2.32. The number of fused-ring (bicyclic) bond motifs is 1. The van der Waals surface area contributed by atoms with Crippen molar-refractivity contribution in [1.29, 1.82) is 0 Å². The Morgan fingerprint density at radius 1 is 1.41 bits per heavy atom. The summed E-state index contributed by atoms with van der Waals surface area (Å²) < 4.78 is 0. The maximum Gasteiger partial charge on any atom is 0.316 e. The molecule has 22 heavy (non-hydrogen) atoms. The van der Waals surface area contributed by atoms with Crippen LogP contribution in [0.2, 0.25) is 0 Å². The van der Waals surface area contributed by atoms with E-state index >= 15 is 0 Å². The average Bonchev–Trinajstić information content (AvgIpc) is 2.54. The molecule has 120 valence electrons. The highest BCUT2D eigenvalue weighted by Crippen LogP contribution is 2.34.